The first-order valence-electron chi connectivity index (χ1n) is 7.50. The number of aliphatic hydroxyl groups excluding tert-OH is 1. The van der Waals surface area contributed by atoms with Gasteiger partial charge in [-0.05, 0) is 32.1 Å². The Bertz CT molecular complexity index is 426. The highest BCUT2D eigenvalue weighted by Gasteiger charge is 2.25. The lowest BCUT2D eigenvalue weighted by molar-refractivity contribution is 0.279. The summed E-state index contributed by atoms with van der Waals surface area (Å²) >= 11 is 0. The van der Waals surface area contributed by atoms with E-state index in [9.17, 15) is 0 Å². The maximum absolute atomic E-state index is 8.99. The summed E-state index contributed by atoms with van der Waals surface area (Å²) in [4.78, 5) is 10.9. The third-order valence-electron chi connectivity index (χ3n) is 3.65. The van der Waals surface area contributed by atoms with Crippen molar-refractivity contribution in [3.8, 4) is 0 Å². The molecule has 0 bridgehead atoms. The Labute approximate surface area is 120 Å². The number of nitrogens with zero attached hydrogens (tertiary/aromatic N) is 3. The van der Waals surface area contributed by atoms with Gasteiger partial charge in [0.25, 0.3) is 0 Å². The fourth-order valence-electron chi connectivity index (χ4n) is 2.71. The Morgan fingerprint density at radius 3 is 3.10 bits per heavy atom. The first-order valence-corrected chi connectivity index (χ1v) is 7.50. The number of nitrogens with one attached hydrogen (secondary N) is 1. The Morgan fingerprint density at radius 1 is 1.50 bits per heavy atom. The van der Waals surface area contributed by atoms with Crippen molar-refractivity contribution in [2.24, 2.45) is 0 Å². The van der Waals surface area contributed by atoms with E-state index in [2.05, 4.69) is 27.1 Å². The van der Waals surface area contributed by atoms with Crippen LogP contribution in [0, 0.1) is 0 Å². The Balaban J connectivity index is 2.11. The van der Waals surface area contributed by atoms with Crippen molar-refractivity contribution < 1.29 is 5.11 Å². The highest BCUT2D eigenvalue weighted by Crippen LogP contribution is 2.28. The van der Waals surface area contributed by atoms with E-state index >= 15 is 0 Å². The van der Waals surface area contributed by atoms with E-state index in [1.54, 1.807) is 0 Å². The molecule has 1 aromatic rings. The standard InChI is InChI=1S/C14H25N5O/c1-2-7-16-12-10-13(18-14(15)17-12)19-8-3-5-11(19)6-4-9-20/h10-11,20H,2-9H2,1H3,(H3,15,16,17,18). The van der Waals surface area contributed by atoms with Gasteiger partial charge in [-0.1, -0.05) is 6.92 Å². The van der Waals surface area contributed by atoms with Crippen LogP contribution in [-0.2, 0) is 0 Å². The van der Waals surface area contributed by atoms with Gasteiger partial charge in [0.05, 0.1) is 0 Å². The Kier molecular flexibility index (Phi) is 5.40. The molecule has 0 aliphatic carbocycles. The molecular formula is C14H25N5O. The van der Waals surface area contributed by atoms with Crippen molar-refractivity contribution in [3.05, 3.63) is 6.07 Å². The third-order valence-corrected chi connectivity index (χ3v) is 3.65. The van der Waals surface area contributed by atoms with Gasteiger partial charge in [-0.25, -0.2) is 0 Å². The number of rotatable bonds is 7. The van der Waals surface area contributed by atoms with Crippen LogP contribution >= 0.6 is 0 Å². The molecule has 2 rings (SSSR count). The molecule has 1 unspecified atom stereocenters. The molecule has 0 spiro atoms. The zero-order valence-electron chi connectivity index (χ0n) is 12.2. The van der Waals surface area contributed by atoms with E-state index < -0.39 is 0 Å². The fraction of sp³-hybridized carbons (Fsp3) is 0.714. The topological polar surface area (TPSA) is 87.3 Å². The van der Waals surface area contributed by atoms with Gasteiger partial charge in [0, 0.05) is 31.8 Å². The lowest BCUT2D eigenvalue weighted by Crippen LogP contribution is -2.30. The number of nitrogens with two attached hydrogens (primary N) is 1. The molecule has 0 radical (unpaired) electrons. The molecule has 1 aliphatic rings. The van der Waals surface area contributed by atoms with Gasteiger partial charge in [0.15, 0.2) is 0 Å². The Morgan fingerprint density at radius 2 is 2.35 bits per heavy atom. The third kappa shape index (κ3) is 3.72. The van der Waals surface area contributed by atoms with Crippen molar-refractivity contribution in [3.63, 3.8) is 0 Å². The lowest BCUT2D eigenvalue weighted by atomic mass is 10.1. The van der Waals surface area contributed by atoms with Gasteiger partial charge in [-0.15, -0.1) is 0 Å². The monoisotopic (exact) mass is 279 g/mol. The largest absolute Gasteiger partial charge is 0.396 e. The molecule has 1 aliphatic heterocycles. The number of hydrogen-bond donors (Lipinski definition) is 3. The van der Waals surface area contributed by atoms with Crippen LogP contribution in [0.25, 0.3) is 0 Å². The van der Waals surface area contributed by atoms with E-state index in [0.717, 1.165) is 56.8 Å². The zero-order valence-corrected chi connectivity index (χ0v) is 12.2. The number of hydrogen-bond acceptors (Lipinski definition) is 6. The van der Waals surface area contributed by atoms with E-state index in [1.807, 2.05) is 6.07 Å². The summed E-state index contributed by atoms with van der Waals surface area (Å²) in [5.74, 6) is 2.01. The van der Waals surface area contributed by atoms with Crippen LogP contribution in [0.15, 0.2) is 6.07 Å². The first-order chi connectivity index (χ1) is 9.74. The van der Waals surface area contributed by atoms with Crippen molar-refractivity contribution in [2.75, 3.05) is 35.6 Å². The van der Waals surface area contributed by atoms with Gasteiger partial charge < -0.3 is 21.1 Å². The second kappa shape index (κ2) is 7.28. The van der Waals surface area contributed by atoms with Crippen LogP contribution < -0.4 is 16.0 Å². The Hall–Kier alpha value is -1.56. The van der Waals surface area contributed by atoms with Gasteiger partial charge in [0.2, 0.25) is 5.95 Å². The molecule has 6 heteroatoms. The summed E-state index contributed by atoms with van der Waals surface area (Å²) in [5, 5.41) is 12.3. The number of aliphatic hydroxyl groups is 1. The van der Waals surface area contributed by atoms with Crippen LogP contribution in [-0.4, -0.2) is 40.8 Å². The summed E-state index contributed by atoms with van der Waals surface area (Å²) in [6.07, 6.45) is 5.20. The normalized spacial score (nSPS) is 18.5. The maximum atomic E-state index is 8.99. The van der Waals surface area contributed by atoms with Crippen LogP contribution in [0.2, 0.25) is 0 Å². The smallest absolute Gasteiger partial charge is 0.223 e. The van der Waals surface area contributed by atoms with Gasteiger partial charge in [0.1, 0.15) is 11.6 Å². The van der Waals surface area contributed by atoms with Crippen molar-refractivity contribution >= 4 is 17.6 Å². The molecular weight excluding hydrogens is 254 g/mol. The molecule has 1 aromatic heterocycles. The molecule has 20 heavy (non-hydrogen) atoms. The van der Waals surface area contributed by atoms with Gasteiger partial charge in [-0.2, -0.15) is 9.97 Å². The predicted octanol–water partition coefficient (Wildman–Crippen LogP) is 1.62. The van der Waals surface area contributed by atoms with Gasteiger partial charge >= 0.3 is 0 Å². The average molecular weight is 279 g/mol. The van der Waals surface area contributed by atoms with Gasteiger partial charge in [-0.3, -0.25) is 0 Å². The molecule has 112 valence electrons. The minimum Gasteiger partial charge on any atom is -0.396 e. The summed E-state index contributed by atoms with van der Waals surface area (Å²) in [5.41, 5.74) is 5.82. The summed E-state index contributed by atoms with van der Waals surface area (Å²) in [7, 11) is 0. The second-order valence-electron chi connectivity index (χ2n) is 5.25. The fourth-order valence-corrected chi connectivity index (χ4v) is 2.71. The van der Waals surface area contributed by atoms with Crippen LogP contribution in [0.5, 0.6) is 0 Å². The SMILES string of the molecule is CCCNc1cc(N2CCCC2CCCO)nc(N)n1. The van der Waals surface area contributed by atoms with Crippen LogP contribution in [0.3, 0.4) is 0 Å². The molecule has 0 amide bonds. The number of nitrogen functional groups attached to an aromatic ring is 1. The van der Waals surface area contributed by atoms with Crippen LogP contribution in [0.1, 0.15) is 39.0 Å². The molecule has 1 saturated heterocycles. The quantitative estimate of drug-likeness (QED) is 0.703. The molecule has 2 heterocycles. The lowest BCUT2D eigenvalue weighted by Gasteiger charge is -2.26. The molecule has 1 atom stereocenters. The minimum atomic E-state index is 0.250. The average Bonchev–Trinajstić information content (AvgIpc) is 2.90. The van der Waals surface area contributed by atoms with E-state index in [-0.39, 0.29) is 6.61 Å². The second-order valence-corrected chi connectivity index (χ2v) is 5.25. The highest BCUT2D eigenvalue weighted by atomic mass is 16.2. The summed E-state index contributed by atoms with van der Waals surface area (Å²) in [6, 6.07) is 2.43. The summed E-state index contributed by atoms with van der Waals surface area (Å²) in [6.45, 7) is 4.24. The minimum absolute atomic E-state index is 0.250. The molecule has 6 nitrogen and oxygen atoms in total. The maximum Gasteiger partial charge on any atom is 0.223 e. The summed E-state index contributed by atoms with van der Waals surface area (Å²) < 4.78 is 0. The predicted molar refractivity (Wildman–Crippen MR) is 81.9 cm³/mol. The van der Waals surface area contributed by atoms with Crippen molar-refractivity contribution in [2.45, 2.75) is 45.1 Å². The molecule has 0 saturated carbocycles. The van der Waals surface area contributed by atoms with E-state index in [4.69, 9.17) is 10.8 Å². The van der Waals surface area contributed by atoms with E-state index in [0.29, 0.717) is 12.0 Å². The first kappa shape index (κ1) is 14.8. The highest BCUT2D eigenvalue weighted by molar-refractivity contribution is 5.53. The molecule has 0 aromatic carbocycles. The zero-order chi connectivity index (χ0) is 14.4. The van der Waals surface area contributed by atoms with Crippen molar-refractivity contribution in [1.82, 2.24) is 9.97 Å². The van der Waals surface area contributed by atoms with E-state index in [1.165, 1.54) is 0 Å². The molecule has 4 N–H and O–H groups in total. The molecule has 1 fully saturated rings. The van der Waals surface area contributed by atoms with Crippen molar-refractivity contribution in [1.29, 1.82) is 0 Å². The number of aromatic nitrogens is 2. The number of anilines is 3. The van der Waals surface area contributed by atoms with Crippen LogP contribution in [0.4, 0.5) is 17.6 Å².